The van der Waals surface area contributed by atoms with Crippen LogP contribution in [0.5, 0.6) is 0 Å². The Labute approximate surface area is 224 Å². The van der Waals surface area contributed by atoms with Gasteiger partial charge in [-0.15, -0.1) is 0 Å². The van der Waals surface area contributed by atoms with E-state index in [1.165, 1.54) is 0 Å². The van der Waals surface area contributed by atoms with Gasteiger partial charge in [0.25, 0.3) is 0 Å². The van der Waals surface area contributed by atoms with Crippen LogP contribution in [-0.4, -0.2) is 66.4 Å². The smallest absolute Gasteiger partial charge is 0.243 e. The molecule has 3 heterocycles. The van der Waals surface area contributed by atoms with Crippen LogP contribution < -0.4 is 21.7 Å². The molecule has 0 radical (unpaired) electrons. The maximum atomic E-state index is 13.7. The zero-order chi connectivity index (χ0) is 27.1. The number of rotatable bonds is 9. The number of aromatic nitrogens is 1. The molecule has 9 heteroatoms. The number of piperidine rings is 1. The zero-order valence-electron chi connectivity index (χ0n) is 22.4. The molecule has 9 nitrogen and oxygen atoms in total. The molecular formula is C29H40N6O3. The van der Waals surface area contributed by atoms with Gasteiger partial charge in [0.1, 0.15) is 12.1 Å². The Morgan fingerprint density at radius 2 is 1.82 bits per heavy atom. The molecule has 0 saturated carbocycles. The summed E-state index contributed by atoms with van der Waals surface area (Å²) in [6, 6.07) is 9.64. The van der Waals surface area contributed by atoms with E-state index in [-0.39, 0.29) is 30.1 Å². The van der Waals surface area contributed by atoms with Gasteiger partial charge in [0.05, 0.1) is 0 Å². The number of nitrogens with one attached hydrogen (secondary N) is 3. The SMILES string of the molecule is CNC(=O)[C@H](Cc1ccncc1)NC(=O)[C@@H]1CC(C2CCNCC2)CN1C(=O)CC(N)c1ccccc1C. The first-order valence-electron chi connectivity index (χ1n) is 13.6. The summed E-state index contributed by atoms with van der Waals surface area (Å²) < 4.78 is 0. The van der Waals surface area contributed by atoms with Crippen molar-refractivity contribution in [1.29, 1.82) is 0 Å². The molecule has 4 atom stereocenters. The molecule has 2 fully saturated rings. The molecular weight excluding hydrogens is 480 g/mol. The highest BCUT2D eigenvalue weighted by Gasteiger charge is 2.43. The number of amides is 3. The van der Waals surface area contributed by atoms with Crippen molar-refractivity contribution in [2.24, 2.45) is 17.6 Å². The summed E-state index contributed by atoms with van der Waals surface area (Å²) in [6.07, 6.45) is 6.46. The molecule has 1 aromatic carbocycles. The zero-order valence-corrected chi connectivity index (χ0v) is 22.4. The molecule has 2 unspecified atom stereocenters. The van der Waals surface area contributed by atoms with Crippen molar-refractivity contribution in [3.63, 3.8) is 0 Å². The van der Waals surface area contributed by atoms with Gasteiger partial charge < -0.3 is 26.6 Å². The van der Waals surface area contributed by atoms with E-state index in [1.54, 1.807) is 24.3 Å². The highest BCUT2D eigenvalue weighted by molar-refractivity contribution is 5.92. The van der Waals surface area contributed by atoms with Gasteiger partial charge in [0, 0.05) is 44.9 Å². The van der Waals surface area contributed by atoms with Gasteiger partial charge >= 0.3 is 0 Å². The van der Waals surface area contributed by atoms with Gasteiger partial charge in [-0.25, -0.2) is 0 Å². The van der Waals surface area contributed by atoms with E-state index in [0.29, 0.717) is 25.3 Å². The van der Waals surface area contributed by atoms with Crippen LogP contribution in [0.1, 0.15) is 48.4 Å². The predicted molar refractivity (Wildman–Crippen MR) is 146 cm³/mol. The molecule has 38 heavy (non-hydrogen) atoms. The first-order chi connectivity index (χ1) is 18.4. The van der Waals surface area contributed by atoms with Crippen molar-refractivity contribution in [1.82, 2.24) is 25.8 Å². The molecule has 1 aromatic heterocycles. The molecule has 204 valence electrons. The van der Waals surface area contributed by atoms with Crippen molar-refractivity contribution >= 4 is 17.7 Å². The summed E-state index contributed by atoms with van der Waals surface area (Å²) in [5, 5.41) is 9.00. The van der Waals surface area contributed by atoms with Crippen LogP contribution in [0, 0.1) is 18.8 Å². The van der Waals surface area contributed by atoms with Crippen LogP contribution in [0.15, 0.2) is 48.8 Å². The van der Waals surface area contributed by atoms with E-state index in [2.05, 4.69) is 20.9 Å². The van der Waals surface area contributed by atoms with Crippen LogP contribution in [0.2, 0.25) is 0 Å². The van der Waals surface area contributed by atoms with Crippen LogP contribution in [-0.2, 0) is 20.8 Å². The molecule has 3 amide bonds. The summed E-state index contributed by atoms with van der Waals surface area (Å²) in [6.45, 7) is 4.43. The number of hydrogen-bond donors (Lipinski definition) is 4. The van der Waals surface area contributed by atoms with Gasteiger partial charge in [-0.3, -0.25) is 19.4 Å². The van der Waals surface area contributed by atoms with Crippen LogP contribution >= 0.6 is 0 Å². The minimum atomic E-state index is -0.751. The number of hydrogen-bond acceptors (Lipinski definition) is 6. The van der Waals surface area contributed by atoms with Crippen LogP contribution in [0.3, 0.4) is 0 Å². The lowest BCUT2D eigenvalue weighted by atomic mass is 9.83. The quantitative estimate of drug-likeness (QED) is 0.396. The molecule has 2 aromatic rings. The number of nitrogens with zero attached hydrogens (tertiary/aromatic N) is 2. The predicted octanol–water partition coefficient (Wildman–Crippen LogP) is 1.47. The monoisotopic (exact) mass is 520 g/mol. The first kappa shape index (κ1) is 27.7. The fraction of sp³-hybridized carbons (Fsp3) is 0.517. The van der Waals surface area contributed by atoms with Gasteiger partial charge in [-0.2, -0.15) is 0 Å². The van der Waals surface area contributed by atoms with Gasteiger partial charge in [0.15, 0.2) is 0 Å². The lowest BCUT2D eigenvalue weighted by Crippen LogP contribution is -2.53. The van der Waals surface area contributed by atoms with Gasteiger partial charge in [-0.1, -0.05) is 24.3 Å². The minimum Gasteiger partial charge on any atom is -0.357 e. The number of carbonyl (C=O) groups excluding carboxylic acids is 3. The Balaban J connectivity index is 1.51. The third-order valence-corrected chi connectivity index (χ3v) is 8.06. The number of carbonyl (C=O) groups is 3. The number of likely N-dealkylation sites (tertiary alicyclic amines) is 1. The summed E-state index contributed by atoms with van der Waals surface area (Å²) >= 11 is 0. The van der Waals surface area contributed by atoms with E-state index in [0.717, 1.165) is 42.6 Å². The normalized spacial score (nSPS) is 21.5. The fourth-order valence-electron chi connectivity index (χ4n) is 5.87. The van der Waals surface area contributed by atoms with E-state index in [4.69, 9.17) is 5.73 Å². The molecule has 2 aliphatic rings. The molecule has 5 N–H and O–H groups in total. The average molecular weight is 521 g/mol. The third-order valence-electron chi connectivity index (χ3n) is 8.06. The highest BCUT2D eigenvalue weighted by atomic mass is 16.2. The van der Waals surface area contributed by atoms with E-state index >= 15 is 0 Å². The second-order valence-corrected chi connectivity index (χ2v) is 10.5. The Bertz CT molecular complexity index is 1100. The summed E-state index contributed by atoms with van der Waals surface area (Å²) in [4.78, 5) is 45.7. The Morgan fingerprint density at radius 1 is 1.11 bits per heavy atom. The number of pyridine rings is 1. The van der Waals surface area contributed by atoms with Crippen molar-refractivity contribution < 1.29 is 14.4 Å². The lowest BCUT2D eigenvalue weighted by Gasteiger charge is -2.28. The highest BCUT2D eigenvalue weighted by Crippen LogP contribution is 2.35. The number of nitrogens with two attached hydrogens (primary N) is 1. The largest absolute Gasteiger partial charge is 0.357 e. The standard InChI is InChI=1S/C29H40N6O3/c1-19-5-3-4-6-23(19)24(30)17-27(36)35-18-22(21-9-13-33-14-10-21)16-26(35)29(38)34-25(28(37)31-2)15-20-7-11-32-12-8-20/h3-8,11-12,21-22,24-26,33H,9-10,13-18,30H2,1-2H3,(H,31,37)(H,34,38)/t22?,24?,25-,26-/m0/s1. The molecule has 0 bridgehead atoms. The molecule has 0 aliphatic carbocycles. The maximum absolute atomic E-state index is 13.7. The topological polar surface area (TPSA) is 129 Å². The van der Waals surface area contributed by atoms with Crippen molar-refractivity contribution in [2.75, 3.05) is 26.7 Å². The van der Waals surface area contributed by atoms with E-state index in [9.17, 15) is 14.4 Å². The number of likely N-dealkylation sites (N-methyl/N-ethyl adjacent to an activating group) is 1. The Morgan fingerprint density at radius 3 is 2.50 bits per heavy atom. The van der Waals surface area contributed by atoms with E-state index in [1.807, 2.05) is 43.3 Å². The molecule has 2 aliphatic heterocycles. The van der Waals surface area contributed by atoms with Crippen molar-refractivity contribution in [3.8, 4) is 0 Å². The Kier molecular flexibility index (Phi) is 9.47. The minimum absolute atomic E-state index is 0.122. The van der Waals surface area contributed by atoms with Crippen LogP contribution in [0.4, 0.5) is 0 Å². The van der Waals surface area contributed by atoms with Gasteiger partial charge in [-0.05, 0) is 79.9 Å². The average Bonchev–Trinajstić information content (AvgIpc) is 3.39. The van der Waals surface area contributed by atoms with Crippen LogP contribution in [0.25, 0.3) is 0 Å². The van der Waals surface area contributed by atoms with Crippen molar-refractivity contribution in [3.05, 3.63) is 65.5 Å². The fourth-order valence-corrected chi connectivity index (χ4v) is 5.87. The second-order valence-electron chi connectivity index (χ2n) is 10.5. The molecule has 2 saturated heterocycles. The Hall–Kier alpha value is -3.30. The second kappa shape index (κ2) is 13.0. The van der Waals surface area contributed by atoms with Gasteiger partial charge in [0.2, 0.25) is 17.7 Å². The number of aryl methyl sites for hydroxylation is 1. The third kappa shape index (κ3) is 6.76. The maximum Gasteiger partial charge on any atom is 0.243 e. The summed E-state index contributed by atoms with van der Waals surface area (Å²) in [5.41, 5.74) is 9.35. The number of benzene rings is 1. The summed E-state index contributed by atoms with van der Waals surface area (Å²) in [5.74, 6) is 0.0125. The summed E-state index contributed by atoms with van der Waals surface area (Å²) in [7, 11) is 1.56. The lowest BCUT2D eigenvalue weighted by molar-refractivity contribution is -0.139. The van der Waals surface area contributed by atoms with Crippen molar-refractivity contribution in [2.45, 2.75) is 57.2 Å². The molecule has 4 rings (SSSR count). The first-order valence-corrected chi connectivity index (χ1v) is 13.6. The molecule has 0 spiro atoms. The van der Waals surface area contributed by atoms with E-state index < -0.39 is 18.1 Å².